The maximum absolute atomic E-state index is 13.3. The Labute approximate surface area is 158 Å². The van der Waals surface area contributed by atoms with Crippen molar-refractivity contribution >= 4 is 37.1 Å². The van der Waals surface area contributed by atoms with E-state index in [1.165, 1.54) is 18.2 Å². The highest BCUT2D eigenvalue weighted by Crippen LogP contribution is 2.30. The first-order valence-corrected chi connectivity index (χ1v) is 10.6. The zero-order valence-corrected chi connectivity index (χ0v) is 16.1. The summed E-state index contributed by atoms with van der Waals surface area (Å²) in [6.07, 6.45) is 3.04. The summed E-state index contributed by atoms with van der Waals surface area (Å²) in [6.45, 7) is 0. The summed E-state index contributed by atoms with van der Waals surface area (Å²) < 4.78 is 34.6. The summed E-state index contributed by atoms with van der Waals surface area (Å²) >= 11 is 3.08. The lowest BCUT2D eigenvalue weighted by Crippen LogP contribution is -2.22. The Bertz CT molecular complexity index is 926. The van der Waals surface area contributed by atoms with Crippen molar-refractivity contribution < 1.29 is 14.2 Å². The molecule has 4 N–H and O–H groups in total. The van der Waals surface area contributed by atoms with Crippen LogP contribution in [0, 0.1) is 15.4 Å². The smallest absolute Gasteiger partial charge is 0.181 e. The number of halogens is 2. The lowest BCUT2D eigenvalue weighted by molar-refractivity contribution is 0.234. The molecule has 1 fully saturated rings. The third-order valence-electron chi connectivity index (χ3n) is 4.00. The van der Waals surface area contributed by atoms with Gasteiger partial charge in [-0.25, -0.2) is 14.0 Å². The minimum absolute atomic E-state index is 0.0253. The predicted octanol–water partition coefficient (Wildman–Crippen LogP) is 3.80. The molecule has 8 nitrogen and oxygen atoms in total. The van der Waals surface area contributed by atoms with Gasteiger partial charge in [0, 0.05) is 11.0 Å². The molecule has 0 radical (unpaired) electrons. The van der Waals surface area contributed by atoms with Crippen LogP contribution in [0.5, 0.6) is 0 Å². The quantitative estimate of drug-likeness (QED) is 0.293. The summed E-state index contributed by atoms with van der Waals surface area (Å²) in [5.74, 6) is 0.115. The van der Waals surface area contributed by atoms with E-state index in [9.17, 15) is 9.60 Å². The SMILES string of the molecule is N=S(=N)(CCCc1nonc1C(=Nc1ccc(F)c(Br)c1)NO)C1CC1. The van der Waals surface area contributed by atoms with Crippen molar-refractivity contribution in [2.45, 2.75) is 30.9 Å². The predicted molar refractivity (Wildman–Crippen MR) is 98.5 cm³/mol. The molecular weight excluding hydrogens is 427 g/mol. The van der Waals surface area contributed by atoms with E-state index in [1.54, 1.807) is 0 Å². The number of amidine groups is 1. The highest BCUT2D eigenvalue weighted by Gasteiger charge is 2.29. The fourth-order valence-electron chi connectivity index (χ4n) is 2.47. The molecular formula is C15H18BrFN6O2S. The lowest BCUT2D eigenvalue weighted by atomic mass is 10.2. The first kappa shape index (κ1) is 18.9. The van der Waals surface area contributed by atoms with Crippen LogP contribution in [0.3, 0.4) is 0 Å². The number of hydrogen-bond acceptors (Lipinski definition) is 7. The molecule has 26 heavy (non-hydrogen) atoms. The molecule has 1 saturated carbocycles. The zero-order valence-electron chi connectivity index (χ0n) is 13.7. The van der Waals surface area contributed by atoms with E-state index in [0.29, 0.717) is 30.0 Å². The van der Waals surface area contributed by atoms with Gasteiger partial charge in [-0.1, -0.05) is 14.8 Å². The van der Waals surface area contributed by atoms with Gasteiger partial charge >= 0.3 is 0 Å². The van der Waals surface area contributed by atoms with E-state index >= 15 is 0 Å². The molecule has 11 heteroatoms. The number of aromatic nitrogens is 2. The van der Waals surface area contributed by atoms with Gasteiger partial charge in [-0.3, -0.25) is 20.2 Å². The monoisotopic (exact) mass is 444 g/mol. The summed E-state index contributed by atoms with van der Waals surface area (Å²) in [5.41, 5.74) is 3.10. The first-order chi connectivity index (χ1) is 12.4. The van der Waals surface area contributed by atoms with Gasteiger partial charge in [0.25, 0.3) is 0 Å². The van der Waals surface area contributed by atoms with Gasteiger partial charge in [0.05, 0.1) is 10.2 Å². The second-order valence-corrected chi connectivity index (χ2v) is 9.55. The molecule has 0 saturated heterocycles. The first-order valence-electron chi connectivity index (χ1n) is 7.95. The lowest BCUT2D eigenvalue weighted by Gasteiger charge is -2.08. The minimum atomic E-state index is -2.05. The van der Waals surface area contributed by atoms with Crippen molar-refractivity contribution in [3.63, 3.8) is 0 Å². The largest absolute Gasteiger partial charge is 0.290 e. The molecule has 1 aliphatic rings. The topological polar surface area (TPSA) is 131 Å². The molecule has 1 aromatic carbocycles. The van der Waals surface area contributed by atoms with Crippen molar-refractivity contribution in [1.29, 1.82) is 9.56 Å². The van der Waals surface area contributed by atoms with Crippen molar-refractivity contribution in [3.8, 4) is 0 Å². The minimum Gasteiger partial charge on any atom is -0.290 e. The summed E-state index contributed by atoms with van der Waals surface area (Å²) in [5, 5.41) is 17.3. The Morgan fingerprint density at radius 1 is 1.42 bits per heavy atom. The molecule has 3 rings (SSSR count). The molecule has 0 atom stereocenters. The fraction of sp³-hybridized carbons (Fsp3) is 0.400. The Morgan fingerprint density at radius 3 is 2.85 bits per heavy atom. The van der Waals surface area contributed by atoms with Crippen LogP contribution in [0.2, 0.25) is 0 Å². The molecule has 0 bridgehead atoms. The van der Waals surface area contributed by atoms with Crippen LogP contribution in [-0.2, 0) is 16.0 Å². The molecule has 1 heterocycles. The summed E-state index contributed by atoms with van der Waals surface area (Å²) in [7, 11) is -2.05. The molecule has 1 aliphatic carbocycles. The van der Waals surface area contributed by atoms with Crippen LogP contribution in [-0.4, -0.2) is 32.4 Å². The third kappa shape index (κ3) is 4.46. The molecule has 0 aliphatic heterocycles. The van der Waals surface area contributed by atoms with E-state index < -0.39 is 15.4 Å². The van der Waals surface area contributed by atoms with Crippen LogP contribution in [0.15, 0.2) is 32.3 Å². The molecule has 0 spiro atoms. The number of aliphatic imine (C=N–C) groups is 1. The van der Waals surface area contributed by atoms with E-state index in [0.717, 1.165) is 12.8 Å². The van der Waals surface area contributed by atoms with Crippen LogP contribution in [0.4, 0.5) is 10.1 Å². The number of hydroxylamine groups is 1. The van der Waals surface area contributed by atoms with E-state index in [2.05, 4.69) is 31.2 Å². The van der Waals surface area contributed by atoms with Crippen molar-refractivity contribution in [2.24, 2.45) is 4.99 Å². The Morgan fingerprint density at radius 2 is 2.19 bits per heavy atom. The van der Waals surface area contributed by atoms with Gasteiger partial charge in [0.1, 0.15) is 11.5 Å². The molecule has 0 amide bonds. The average Bonchev–Trinajstić information content (AvgIpc) is 3.37. The van der Waals surface area contributed by atoms with Crippen LogP contribution < -0.4 is 5.48 Å². The van der Waals surface area contributed by atoms with Crippen molar-refractivity contribution in [2.75, 3.05) is 5.75 Å². The maximum atomic E-state index is 13.3. The van der Waals surface area contributed by atoms with E-state index in [4.69, 9.17) is 14.2 Å². The standard InChI is InChI=1S/C15H18BrFN6O2S/c16-11-8-9(3-6-12(11)17)20-15(21-24)14-13(22-25-23-14)2-1-7-26(18,19)10-4-5-10/h3,6,8,10,18-19,24H,1-2,4-5,7H2,(H,20,21). The molecule has 0 unspecified atom stereocenters. The number of hydrogen-bond donors (Lipinski definition) is 4. The Balaban J connectivity index is 1.74. The normalized spacial score (nSPS) is 15.3. The van der Waals surface area contributed by atoms with Crippen LogP contribution in [0.1, 0.15) is 30.7 Å². The number of benzene rings is 1. The Hall–Kier alpha value is -1.85. The van der Waals surface area contributed by atoms with Crippen molar-refractivity contribution in [1.82, 2.24) is 15.8 Å². The van der Waals surface area contributed by atoms with Crippen LogP contribution in [0.25, 0.3) is 0 Å². The fourth-order valence-corrected chi connectivity index (χ4v) is 4.71. The highest BCUT2D eigenvalue weighted by molar-refractivity contribution is 9.10. The van der Waals surface area contributed by atoms with Crippen LogP contribution >= 0.6 is 15.9 Å². The van der Waals surface area contributed by atoms with Gasteiger partial charge in [0.15, 0.2) is 11.5 Å². The summed E-state index contributed by atoms with van der Waals surface area (Å²) in [4.78, 5) is 4.20. The molecule has 140 valence electrons. The second-order valence-electron chi connectivity index (χ2n) is 6.03. The third-order valence-corrected chi connectivity index (χ3v) is 7.15. The molecule has 1 aromatic heterocycles. The Kier molecular flexibility index (Phi) is 5.68. The number of aryl methyl sites for hydroxylation is 1. The number of rotatable bonds is 7. The van der Waals surface area contributed by atoms with E-state index in [-0.39, 0.29) is 21.3 Å². The number of nitrogens with one attached hydrogen (secondary N) is 3. The van der Waals surface area contributed by atoms with Crippen molar-refractivity contribution in [3.05, 3.63) is 39.9 Å². The van der Waals surface area contributed by atoms with E-state index in [1.807, 2.05) is 5.48 Å². The average molecular weight is 445 g/mol. The number of nitrogens with zero attached hydrogens (tertiary/aromatic N) is 3. The second kappa shape index (κ2) is 7.80. The maximum Gasteiger partial charge on any atom is 0.181 e. The highest BCUT2D eigenvalue weighted by atomic mass is 79.9. The summed E-state index contributed by atoms with van der Waals surface area (Å²) in [6, 6.07) is 4.17. The van der Waals surface area contributed by atoms with Gasteiger partial charge in [-0.15, -0.1) is 0 Å². The van der Waals surface area contributed by atoms with Gasteiger partial charge in [0.2, 0.25) is 0 Å². The van der Waals surface area contributed by atoms with Gasteiger partial charge in [-0.05, 0) is 65.0 Å². The molecule has 2 aromatic rings. The van der Waals surface area contributed by atoms with Gasteiger partial charge < -0.3 is 0 Å². The zero-order chi connectivity index (χ0) is 18.7. The van der Waals surface area contributed by atoms with Gasteiger partial charge in [-0.2, -0.15) is 0 Å².